The van der Waals surface area contributed by atoms with Crippen LogP contribution in [0.15, 0.2) is 47.5 Å². The molecule has 0 spiro atoms. The highest BCUT2D eigenvalue weighted by Gasteiger charge is 2.31. The Morgan fingerprint density at radius 1 is 1.00 bits per heavy atom. The predicted molar refractivity (Wildman–Crippen MR) is 111 cm³/mol. The van der Waals surface area contributed by atoms with Gasteiger partial charge in [-0.05, 0) is 50.6 Å². The van der Waals surface area contributed by atoms with Gasteiger partial charge in [0.2, 0.25) is 10.0 Å². The van der Waals surface area contributed by atoms with Crippen LogP contribution in [0.4, 0.5) is 5.69 Å². The number of aryl methyl sites for hydroxylation is 1. The summed E-state index contributed by atoms with van der Waals surface area (Å²) in [5.41, 5.74) is 2.83. The van der Waals surface area contributed by atoms with Crippen molar-refractivity contribution >= 4 is 21.5 Å². The van der Waals surface area contributed by atoms with E-state index in [9.17, 15) is 8.42 Å². The Balaban J connectivity index is 1.68. The van der Waals surface area contributed by atoms with Gasteiger partial charge in [-0.15, -0.1) is 0 Å². The second kappa shape index (κ2) is 7.22. The van der Waals surface area contributed by atoms with Crippen LogP contribution in [-0.2, 0) is 10.0 Å². The standard InChI is InChI=1S/C21H25N3O3S/c1-15(2)28(25,26)24-12-10-23(11-13-24)21-17-6-4-5-7-19(17)27-20-14-16(3)8-9-18(20)22-21/h4-9,14-15H,10-13H2,1-3H3. The van der Waals surface area contributed by atoms with Crippen LogP contribution in [-0.4, -0.2) is 54.9 Å². The summed E-state index contributed by atoms with van der Waals surface area (Å²) in [7, 11) is -3.23. The van der Waals surface area contributed by atoms with Gasteiger partial charge in [-0.2, -0.15) is 4.31 Å². The van der Waals surface area contributed by atoms with Crippen molar-refractivity contribution in [3.8, 4) is 11.5 Å². The molecule has 0 radical (unpaired) electrons. The first-order chi connectivity index (χ1) is 13.4. The summed E-state index contributed by atoms with van der Waals surface area (Å²) in [6, 6.07) is 13.9. The number of amidine groups is 1. The van der Waals surface area contributed by atoms with E-state index < -0.39 is 15.3 Å². The first-order valence-corrected chi connectivity index (χ1v) is 11.1. The Morgan fingerprint density at radius 3 is 2.43 bits per heavy atom. The molecule has 2 aliphatic heterocycles. The predicted octanol–water partition coefficient (Wildman–Crippen LogP) is 3.53. The zero-order chi connectivity index (χ0) is 19.9. The van der Waals surface area contributed by atoms with Gasteiger partial charge in [-0.25, -0.2) is 13.4 Å². The van der Waals surface area contributed by atoms with Crippen LogP contribution in [0.1, 0.15) is 25.0 Å². The van der Waals surface area contributed by atoms with E-state index in [-0.39, 0.29) is 0 Å². The molecule has 0 aromatic heterocycles. The average molecular weight is 400 g/mol. The molecule has 0 saturated carbocycles. The van der Waals surface area contributed by atoms with E-state index in [0.717, 1.165) is 34.1 Å². The zero-order valence-electron chi connectivity index (χ0n) is 16.4. The number of rotatable bonds is 2. The van der Waals surface area contributed by atoms with Crippen molar-refractivity contribution < 1.29 is 13.2 Å². The van der Waals surface area contributed by atoms with Gasteiger partial charge in [0.25, 0.3) is 0 Å². The number of fused-ring (bicyclic) bond motifs is 2. The lowest BCUT2D eigenvalue weighted by atomic mass is 10.1. The van der Waals surface area contributed by atoms with Gasteiger partial charge < -0.3 is 9.64 Å². The topological polar surface area (TPSA) is 62.2 Å². The molecule has 148 valence electrons. The second-order valence-electron chi connectivity index (χ2n) is 7.48. The van der Waals surface area contributed by atoms with Crippen molar-refractivity contribution in [2.45, 2.75) is 26.0 Å². The molecule has 2 aliphatic rings. The molecule has 2 aromatic carbocycles. The maximum Gasteiger partial charge on any atom is 0.216 e. The maximum atomic E-state index is 12.5. The number of nitrogens with zero attached hydrogens (tertiary/aromatic N) is 3. The summed E-state index contributed by atoms with van der Waals surface area (Å²) in [4.78, 5) is 7.07. The highest BCUT2D eigenvalue weighted by Crippen LogP contribution is 2.38. The Kier molecular flexibility index (Phi) is 4.89. The molecule has 6 nitrogen and oxygen atoms in total. The van der Waals surface area contributed by atoms with Gasteiger partial charge in [0, 0.05) is 26.2 Å². The molecule has 2 aromatic rings. The average Bonchev–Trinajstić information content (AvgIpc) is 2.84. The van der Waals surface area contributed by atoms with E-state index >= 15 is 0 Å². The quantitative estimate of drug-likeness (QED) is 0.775. The van der Waals surface area contributed by atoms with E-state index in [1.54, 1.807) is 18.2 Å². The Labute approximate surface area is 166 Å². The molecule has 0 amide bonds. The van der Waals surface area contributed by atoms with Crippen LogP contribution >= 0.6 is 0 Å². The Hall–Kier alpha value is -2.38. The fourth-order valence-electron chi connectivity index (χ4n) is 3.52. The summed E-state index contributed by atoms with van der Waals surface area (Å²) in [5, 5.41) is -0.404. The van der Waals surface area contributed by atoms with Crippen LogP contribution in [0.2, 0.25) is 0 Å². The number of piperazine rings is 1. The molecule has 1 saturated heterocycles. The minimum Gasteiger partial charge on any atom is -0.454 e. The molecule has 7 heteroatoms. The van der Waals surface area contributed by atoms with Crippen LogP contribution < -0.4 is 4.74 Å². The minimum atomic E-state index is -3.23. The number of benzene rings is 2. The van der Waals surface area contributed by atoms with Crippen molar-refractivity contribution in [1.82, 2.24) is 9.21 Å². The molecule has 0 unspecified atom stereocenters. The number of hydrogen-bond acceptors (Lipinski definition) is 5. The molecule has 28 heavy (non-hydrogen) atoms. The van der Waals surface area contributed by atoms with Gasteiger partial charge in [-0.1, -0.05) is 18.2 Å². The Bertz CT molecular complexity index is 1020. The minimum absolute atomic E-state index is 0.404. The Morgan fingerprint density at radius 2 is 1.71 bits per heavy atom. The van der Waals surface area contributed by atoms with E-state index in [1.165, 1.54) is 0 Å². The van der Waals surface area contributed by atoms with Crippen LogP contribution in [0, 0.1) is 6.92 Å². The smallest absolute Gasteiger partial charge is 0.216 e. The van der Waals surface area contributed by atoms with Crippen molar-refractivity contribution in [2.75, 3.05) is 26.2 Å². The summed E-state index contributed by atoms with van der Waals surface area (Å²) in [6.07, 6.45) is 0. The van der Waals surface area contributed by atoms with Gasteiger partial charge in [0.05, 0.1) is 10.8 Å². The van der Waals surface area contributed by atoms with E-state index in [1.807, 2.05) is 49.4 Å². The SMILES string of the molecule is Cc1ccc2c(c1)Oc1ccccc1C(N1CCN(S(=O)(=O)C(C)C)CC1)=N2. The lowest BCUT2D eigenvalue weighted by Gasteiger charge is -2.36. The highest BCUT2D eigenvalue weighted by molar-refractivity contribution is 7.89. The molecule has 0 bridgehead atoms. The largest absolute Gasteiger partial charge is 0.454 e. The fraction of sp³-hybridized carbons (Fsp3) is 0.381. The highest BCUT2D eigenvalue weighted by atomic mass is 32.2. The molecule has 2 heterocycles. The molecule has 0 N–H and O–H groups in total. The number of para-hydroxylation sites is 1. The number of hydrogen-bond donors (Lipinski definition) is 0. The van der Waals surface area contributed by atoms with E-state index in [4.69, 9.17) is 9.73 Å². The zero-order valence-corrected chi connectivity index (χ0v) is 17.2. The van der Waals surface area contributed by atoms with E-state index in [2.05, 4.69) is 4.90 Å². The molecular formula is C21H25N3O3S. The summed E-state index contributed by atoms with van der Waals surface area (Å²) in [5.74, 6) is 2.34. The van der Waals surface area contributed by atoms with Gasteiger partial charge in [-0.3, -0.25) is 0 Å². The lowest BCUT2D eigenvalue weighted by molar-refractivity contribution is 0.265. The van der Waals surface area contributed by atoms with Gasteiger partial charge in [0.1, 0.15) is 17.3 Å². The number of aliphatic imine (C=N–C) groups is 1. The summed E-state index contributed by atoms with van der Waals surface area (Å²) in [6.45, 7) is 7.60. The third kappa shape index (κ3) is 3.40. The molecule has 0 atom stereocenters. The van der Waals surface area contributed by atoms with Crippen molar-refractivity contribution in [3.63, 3.8) is 0 Å². The normalized spacial score (nSPS) is 17.4. The number of ether oxygens (including phenoxy) is 1. The lowest BCUT2D eigenvalue weighted by Crippen LogP contribution is -2.52. The third-order valence-electron chi connectivity index (χ3n) is 5.18. The molecule has 0 aliphatic carbocycles. The van der Waals surface area contributed by atoms with Crippen molar-refractivity contribution in [2.24, 2.45) is 4.99 Å². The number of sulfonamides is 1. The van der Waals surface area contributed by atoms with Gasteiger partial charge >= 0.3 is 0 Å². The van der Waals surface area contributed by atoms with Crippen molar-refractivity contribution in [3.05, 3.63) is 53.6 Å². The second-order valence-corrected chi connectivity index (χ2v) is 9.97. The fourth-order valence-corrected chi connectivity index (χ4v) is 4.79. The van der Waals surface area contributed by atoms with Crippen molar-refractivity contribution in [1.29, 1.82) is 0 Å². The molecule has 4 rings (SSSR count). The molecular weight excluding hydrogens is 374 g/mol. The maximum absolute atomic E-state index is 12.5. The summed E-state index contributed by atoms with van der Waals surface area (Å²) < 4.78 is 32.7. The van der Waals surface area contributed by atoms with Crippen LogP contribution in [0.25, 0.3) is 0 Å². The molecule has 1 fully saturated rings. The van der Waals surface area contributed by atoms with Gasteiger partial charge in [0.15, 0.2) is 5.75 Å². The monoisotopic (exact) mass is 399 g/mol. The van der Waals surface area contributed by atoms with Crippen LogP contribution in [0.3, 0.4) is 0 Å². The van der Waals surface area contributed by atoms with E-state index in [0.29, 0.717) is 26.2 Å². The first-order valence-electron chi connectivity index (χ1n) is 9.57. The third-order valence-corrected chi connectivity index (χ3v) is 7.46. The first kappa shape index (κ1) is 19.0. The summed E-state index contributed by atoms with van der Waals surface area (Å²) >= 11 is 0. The van der Waals surface area contributed by atoms with Crippen LogP contribution in [0.5, 0.6) is 11.5 Å².